The summed E-state index contributed by atoms with van der Waals surface area (Å²) in [6.07, 6.45) is 3.20. The quantitative estimate of drug-likeness (QED) is 0.839. The Morgan fingerprint density at radius 3 is 2.38 bits per heavy atom. The van der Waals surface area contributed by atoms with Gasteiger partial charge in [-0.25, -0.2) is 4.79 Å². The summed E-state index contributed by atoms with van der Waals surface area (Å²) in [5.41, 5.74) is 0.608. The minimum atomic E-state index is -0.668. The summed E-state index contributed by atoms with van der Waals surface area (Å²) in [6.45, 7) is 2.63. The van der Waals surface area contributed by atoms with Crippen LogP contribution in [0.4, 0.5) is 4.79 Å². The van der Waals surface area contributed by atoms with E-state index in [0.717, 1.165) is 18.6 Å². The van der Waals surface area contributed by atoms with Crippen molar-refractivity contribution in [3.8, 4) is 5.75 Å². The van der Waals surface area contributed by atoms with Gasteiger partial charge in [-0.15, -0.1) is 0 Å². The van der Waals surface area contributed by atoms with E-state index < -0.39 is 5.54 Å². The first-order valence-electron chi connectivity index (χ1n) is 7.49. The maximum Gasteiger partial charge on any atom is 0.322 e. The molecule has 0 atom stereocenters. The molecule has 1 aromatic carbocycles. The molecule has 2 N–H and O–H groups in total. The highest BCUT2D eigenvalue weighted by Crippen LogP contribution is 2.39. The molecule has 1 saturated carbocycles. The lowest BCUT2D eigenvalue weighted by atomic mass is 9.74. The summed E-state index contributed by atoms with van der Waals surface area (Å²) in [5, 5.41) is 5.15. The Bertz CT molecular complexity index is 545. The second-order valence-electron chi connectivity index (χ2n) is 5.77. The highest BCUT2D eigenvalue weighted by atomic mass is 16.5. The van der Waals surface area contributed by atoms with Crippen LogP contribution >= 0.6 is 0 Å². The standard InChI is InChI=1S/C16H20N2O3/c1-2-21-13-5-3-11(4-6-13)12-7-9-16(10-8-12)14(19)17-15(20)18-16/h3-6,12H,2,7-10H2,1H3,(H2,17,18,19,20). The maximum atomic E-state index is 11.9. The van der Waals surface area contributed by atoms with Gasteiger partial charge in [0.05, 0.1) is 6.61 Å². The number of rotatable bonds is 3. The second-order valence-corrected chi connectivity index (χ2v) is 5.77. The van der Waals surface area contributed by atoms with Gasteiger partial charge in [0.15, 0.2) is 0 Å². The molecular weight excluding hydrogens is 268 g/mol. The second kappa shape index (κ2) is 5.39. The van der Waals surface area contributed by atoms with E-state index in [1.54, 1.807) is 0 Å². The number of nitrogens with one attached hydrogen (secondary N) is 2. The van der Waals surface area contributed by atoms with Crippen molar-refractivity contribution in [1.29, 1.82) is 0 Å². The summed E-state index contributed by atoms with van der Waals surface area (Å²) in [4.78, 5) is 23.2. The number of imide groups is 1. The van der Waals surface area contributed by atoms with E-state index in [2.05, 4.69) is 22.8 Å². The Labute approximate surface area is 124 Å². The van der Waals surface area contributed by atoms with Crippen molar-refractivity contribution in [2.75, 3.05) is 6.61 Å². The van der Waals surface area contributed by atoms with Crippen molar-refractivity contribution in [3.63, 3.8) is 0 Å². The van der Waals surface area contributed by atoms with E-state index in [0.29, 0.717) is 25.4 Å². The van der Waals surface area contributed by atoms with Crippen molar-refractivity contribution >= 4 is 11.9 Å². The number of benzene rings is 1. The molecule has 3 rings (SSSR count). The van der Waals surface area contributed by atoms with Crippen molar-refractivity contribution in [2.24, 2.45) is 0 Å². The van der Waals surface area contributed by atoms with Crippen LogP contribution in [-0.2, 0) is 4.79 Å². The molecule has 3 amide bonds. The van der Waals surface area contributed by atoms with Crippen LogP contribution in [-0.4, -0.2) is 24.1 Å². The van der Waals surface area contributed by atoms with E-state index >= 15 is 0 Å². The fraction of sp³-hybridized carbons (Fsp3) is 0.500. The van der Waals surface area contributed by atoms with Crippen LogP contribution in [0.2, 0.25) is 0 Å². The molecule has 21 heavy (non-hydrogen) atoms. The molecule has 0 unspecified atom stereocenters. The number of hydrogen-bond acceptors (Lipinski definition) is 3. The molecule has 1 aliphatic heterocycles. The van der Waals surface area contributed by atoms with Gasteiger partial charge in [-0.1, -0.05) is 12.1 Å². The molecule has 0 bridgehead atoms. The summed E-state index contributed by atoms with van der Waals surface area (Å²) in [5.74, 6) is 1.16. The Hall–Kier alpha value is -2.04. The first-order chi connectivity index (χ1) is 10.1. The third-order valence-corrected chi connectivity index (χ3v) is 4.52. The van der Waals surface area contributed by atoms with Crippen LogP contribution in [0.3, 0.4) is 0 Å². The molecule has 0 aromatic heterocycles. The van der Waals surface area contributed by atoms with Gasteiger partial charge < -0.3 is 10.1 Å². The van der Waals surface area contributed by atoms with Crippen LogP contribution in [0.1, 0.15) is 44.1 Å². The highest BCUT2D eigenvalue weighted by Gasteiger charge is 2.48. The summed E-state index contributed by atoms with van der Waals surface area (Å²) < 4.78 is 5.45. The predicted molar refractivity (Wildman–Crippen MR) is 78.2 cm³/mol. The fourth-order valence-corrected chi connectivity index (χ4v) is 3.33. The number of carbonyl (C=O) groups excluding carboxylic acids is 2. The number of hydrogen-bond donors (Lipinski definition) is 2. The zero-order valence-electron chi connectivity index (χ0n) is 12.1. The topological polar surface area (TPSA) is 67.4 Å². The lowest BCUT2D eigenvalue weighted by Gasteiger charge is -2.34. The predicted octanol–water partition coefficient (Wildman–Crippen LogP) is 2.32. The first kappa shape index (κ1) is 13.9. The lowest BCUT2D eigenvalue weighted by molar-refractivity contribution is -0.125. The van der Waals surface area contributed by atoms with E-state index in [-0.39, 0.29) is 11.9 Å². The third-order valence-electron chi connectivity index (χ3n) is 4.52. The minimum Gasteiger partial charge on any atom is -0.494 e. The van der Waals surface area contributed by atoms with Crippen LogP contribution in [0.25, 0.3) is 0 Å². The number of amides is 3. The van der Waals surface area contributed by atoms with Gasteiger partial charge in [0.2, 0.25) is 0 Å². The molecule has 1 aliphatic carbocycles. The van der Waals surface area contributed by atoms with E-state index in [1.165, 1.54) is 5.56 Å². The number of urea groups is 1. The van der Waals surface area contributed by atoms with E-state index in [1.807, 2.05) is 19.1 Å². The van der Waals surface area contributed by atoms with Gasteiger partial charge in [0, 0.05) is 0 Å². The normalized spacial score (nSPS) is 28.3. The van der Waals surface area contributed by atoms with E-state index in [4.69, 9.17) is 4.74 Å². The SMILES string of the molecule is CCOc1ccc(C2CCC3(CC2)NC(=O)NC3=O)cc1. The van der Waals surface area contributed by atoms with Crippen LogP contribution in [0.15, 0.2) is 24.3 Å². The molecular formula is C16H20N2O3. The average molecular weight is 288 g/mol. The van der Waals surface area contributed by atoms with Gasteiger partial charge in [0.1, 0.15) is 11.3 Å². The summed E-state index contributed by atoms with van der Waals surface area (Å²) >= 11 is 0. The molecule has 1 heterocycles. The molecule has 2 aliphatic rings. The zero-order chi connectivity index (χ0) is 14.9. The van der Waals surface area contributed by atoms with Gasteiger partial charge in [0.25, 0.3) is 5.91 Å². The van der Waals surface area contributed by atoms with Crippen molar-refractivity contribution in [3.05, 3.63) is 29.8 Å². The molecule has 5 heteroatoms. The van der Waals surface area contributed by atoms with Gasteiger partial charge >= 0.3 is 6.03 Å². The number of carbonyl (C=O) groups is 2. The smallest absolute Gasteiger partial charge is 0.322 e. The van der Waals surface area contributed by atoms with Crippen molar-refractivity contribution < 1.29 is 14.3 Å². The molecule has 112 valence electrons. The summed E-state index contributed by atoms with van der Waals surface area (Å²) in [7, 11) is 0. The Morgan fingerprint density at radius 1 is 1.19 bits per heavy atom. The van der Waals surface area contributed by atoms with E-state index in [9.17, 15) is 9.59 Å². The Kier molecular flexibility index (Phi) is 3.57. The van der Waals surface area contributed by atoms with Crippen molar-refractivity contribution in [2.45, 2.75) is 44.1 Å². The van der Waals surface area contributed by atoms with Gasteiger partial charge in [-0.3, -0.25) is 10.1 Å². The molecule has 1 aromatic rings. The van der Waals surface area contributed by atoms with Crippen LogP contribution in [0.5, 0.6) is 5.75 Å². The minimum absolute atomic E-state index is 0.169. The maximum absolute atomic E-state index is 11.9. The largest absolute Gasteiger partial charge is 0.494 e. The van der Waals surface area contributed by atoms with Crippen LogP contribution < -0.4 is 15.4 Å². The molecule has 1 spiro atoms. The zero-order valence-corrected chi connectivity index (χ0v) is 12.1. The summed E-state index contributed by atoms with van der Waals surface area (Å²) in [6, 6.07) is 7.82. The van der Waals surface area contributed by atoms with Gasteiger partial charge in [-0.05, 0) is 56.2 Å². The molecule has 5 nitrogen and oxygen atoms in total. The monoisotopic (exact) mass is 288 g/mol. The Morgan fingerprint density at radius 2 is 1.86 bits per heavy atom. The lowest BCUT2D eigenvalue weighted by Crippen LogP contribution is -2.49. The molecule has 2 fully saturated rings. The Balaban J connectivity index is 1.65. The third kappa shape index (κ3) is 2.60. The average Bonchev–Trinajstić information content (AvgIpc) is 2.75. The highest BCUT2D eigenvalue weighted by molar-refractivity contribution is 6.07. The first-order valence-corrected chi connectivity index (χ1v) is 7.49. The molecule has 1 saturated heterocycles. The molecule has 0 radical (unpaired) electrons. The van der Waals surface area contributed by atoms with Crippen LogP contribution in [0, 0.1) is 0 Å². The van der Waals surface area contributed by atoms with Crippen molar-refractivity contribution in [1.82, 2.24) is 10.6 Å². The fourth-order valence-electron chi connectivity index (χ4n) is 3.33. The van der Waals surface area contributed by atoms with Gasteiger partial charge in [-0.2, -0.15) is 0 Å². The number of ether oxygens (including phenoxy) is 1.